The summed E-state index contributed by atoms with van der Waals surface area (Å²) < 4.78 is 1.88. The van der Waals surface area contributed by atoms with E-state index in [4.69, 9.17) is 0 Å². The van der Waals surface area contributed by atoms with Gasteiger partial charge in [0.25, 0.3) is 0 Å². The third-order valence-electron chi connectivity index (χ3n) is 3.07. The van der Waals surface area contributed by atoms with Crippen molar-refractivity contribution < 1.29 is 0 Å². The van der Waals surface area contributed by atoms with E-state index in [1.165, 1.54) is 31.4 Å². The van der Waals surface area contributed by atoms with Crippen LogP contribution in [0.15, 0.2) is 12.4 Å². The number of rotatable bonds is 3. The number of aryl methyl sites for hydroxylation is 1. The minimum absolute atomic E-state index is 0.707. The van der Waals surface area contributed by atoms with Gasteiger partial charge in [-0.3, -0.25) is 9.58 Å². The number of alkyl halides is 1. The van der Waals surface area contributed by atoms with Crippen LogP contribution in [0, 0.1) is 0 Å². The number of piperidine rings is 1. The molecule has 0 radical (unpaired) electrons. The SMILES string of the molecule is Cn1cc(CN2CCCCC2CBr)cn1. The molecule has 15 heavy (non-hydrogen) atoms. The van der Waals surface area contributed by atoms with Crippen LogP contribution in [0.2, 0.25) is 0 Å². The summed E-state index contributed by atoms with van der Waals surface area (Å²) in [6.45, 7) is 2.27. The van der Waals surface area contributed by atoms with Gasteiger partial charge in [0, 0.05) is 36.7 Å². The van der Waals surface area contributed by atoms with E-state index in [2.05, 4.69) is 32.1 Å². The van der Waals surface area contributed by atoms with Gasteiger partial charge in [0.2, 0.25) is 0 Å². The van der Waals surface area contributed by atoms with E-state index in [-0.39, 0.29) is 0 Å². The second-order valence-corrected chi connectivity index (χ2v) is 4.94. The first kappa shape index (κ1) is 11.1. The van der Waals surface area contributed by atoms with Crippen molar-refractivity contribution in [2.75, 3.05) is 11.9 Å². The fraction of sp³-hybridized carbons (Fsp3) is 0.727. The Hall–Kier alpha value is -0.350. The zero-order valence-corrected chi connectivity index (χ0v) is 10.8. The molecule has 1 aromatic rings. The molecule has 1 atom stereocenters. The number of aromatic nitrogens is 2. The van der Waals surface area contributed by atoms with Crippen LogP contribution in [0.4, 0.5) is 0 Å². The van der Waals surface area contributed by atoms with Gasteiger partial charge in [0.05, 0.1) is 6.20 Å². The van der Waals surface area contributed by atoms with Crippen LogP contribution in [0.3, 0.4) is 0 Å². The smallest absolute Gasteiger partial charge is 0.0534 e. The molecule has 4 heteroatoms. The molecule has 84 valence electrons. The van der Waals surface area contributed by atoms with Crippen LogP contribution in [-0.2, 0) is 13.6 Å². The number of halogens is 1. The number of likely N-dealkylation sites (tertiary alicyclic amines) is 1. The van der Waals surface area contributed by atoms with Crippen molar-refractivity contribution in [2.45, 2.75) is 31.8 Å². The molecule has 1 aliphatic heterocycles. The van der Waals surface area contributed by atoms with E-state index in [1.807, 2.05) is 17.9 Å². The van der Waals surface area contributed by atoms with Crippen molar-refractivity contribution in [1.29, 1.82) is 0 Å². The zero-order chi connectivity index (χ0) is 10.7. The van der Waals surface area contributed by atoms with Crippen molar-refractivity contribution in [3.05, 3.63) is 18.0 Å². The van der Waals surface area contributed by atoms with E-state index in [0.717, 1.165) is 11.9 Å². The summed E-state index contributed by atoms with van der Waals surface area (Å²) in [5.41, 5.74) is 1.32. The number of nitrogens with zero attached hydrogens (tertiary/aromatic N) is 3. The molecule has 0 spiro atoms. The van der Waals surface area contributed by atoms with Gasteiger partial charge in [-0.2, -0.15) is 5.10 Å². The molecular weight excluding hydrogens is 254 g/mol. The summed E-state index contributed by atoms with van der Waals surface area (Å²) in [6, 6.07) is 0.707. The third kappa shape index (κ3) is 2.82. The predicted octanol–water partition coefficient (Wildman–Crippen LogP) is 2.17. The maximum absolute atomic E-state index is 4.21. The molecule has 3 nitrogen and oxygen atoms in total. The monoisotopic (exact) mass is 271 g/mol. The Kier molecular flexibility index (Phi) is 3.81. The first-order chi connectivity index (χ1) is 7.29. The summed E-state index contributed by atoms with van der Waals surface area (Å²) in [5.74, 6) is 0. The lowest BCUT2D eigenvalue weighted by molar-refractivity contribution is 0.156. The molecule has 0 aliphatic carbocycles. The molecule has 1 unspecified atom stereocenters. The zero-order valence-electron chi connectivity index (χ0n) is 9.19. The third-order valence-corrected chi connectivity index (χ3v) is 3.82. The van der Waals surface area contributed by atoms with Gasteiger partial charge < -0.3 is 0 Å². The first-order valence-electron chi connectivity index (χ1n) is 5.57. The van der Waals surface area contributed by atoms with Crippen LogP contribution < -0.4 is 0 Å². The van der Waals surface area contributed by atoms with Gasteiger partial charge in [0.15, 0.2) is 0 Å². The highest BCUT2D eigenvalue weighted by molar-refractivity contribution is 9.09. The number of hydrogen-bond donors (Lipinski definition) is 0. The molecule has 0 bridgehead atoms. The summed E-state index contributed by atoms with van der Waals surface area (Å²) in [6.07, 6.45) is 8.12. The Morgan fingerprint density at radius 2 is 2.40 bits per heavy atom. The first-order valence-corrected chi connectivity index (χ1v) is 6.69. The van der Waals surface area contributed by atoms with Crippen molar-refractivity contribution in [3.8, 4) is 0 Å². The maximum Gasteiger partial charge on any atom is 0.0534 e. The van der Waals surface area contributed by atoms with Crippen molar-refractivity contribution in [2.24, 2.45) is 7.05 Å². The summed E-state index contributed by atoms with van der Waals surface area (Å²) in [5, 5.41) is 5.30. The maximum atomic E-state index is 4.21. The molecule has 1 fully saturated rings. The van der Waals surface area contributed by atoms with E-state index < -0.39 is 0 Å². The highest BCUT2D eigenvalue weighted by Crippen LogP contribution is 2.20. The predicted molar refractivity (Wildman–Crippen MR) is 65.1 cm³/mol. The van der Waals surface area contributed by atoms with Crippen LogP contribution in [0.5, 0.6) is 0 Å². The van der Waals surface area contributed by atoms with Crippen LogP contribution in [0.25, 0.3) is 0 Å². The Bertz CT molecular complexity index is 311. The fourth-order valence-corrected chi connectivity index (χ4v) is 2.96. The normalized spacial score (nSPS) is 23.2. The highest BCUT2D eigenvalue weighted by Gasteiger charge is 2.21. The summed E-state index contributed by atoms with van der Waals surface area (Å²) in [4.78, 5) is 2.56. The van der Waals surface area contributed by atoms with Gasteiger partial charge in [-0.25, -0.2) is 0 Å². The van der Waals surface area contributed by atoms with Crippen LogP contribution in [-0.4, -0.2) is 32.6 Å². The molecule has 1 aliphatic rings. The van der Waals surface area contributed by atoms with Gasteiger partial charge in [-0.15, -0.1) is 0 Å². The van der Waals surface area contributed by atoms with E-state index >= 15 is 0 Å². The van der Waals surface area contributed by atoms with Crippen LogP contribution in [0.1, 0.15) is 24.8 Å². The quantitative estimate of drug-likeness (QED) is 0.786. The Morgan fingerprint density at radius 1 is 1.53 bits per heavy atom. The molecule has 0 aromatic carbocycles. The minimum atomic E-state index is 0.707. The second kappa shape index (κ2) is 5.12. The molecule has 0 saturated carbocycles. The fourth-order valence-electron chi connectivity index (χ4n) is 2.23. The second-order valence-electron chi connectivity index (χ2n) is 4.30. The molecule has 2 heterocycles. The summed E-state index contributed by atoms with van der Waals surface area (Å²) >= 11 is 3.61. The average Bonchev–Trinajstić information content (AvgIpc) is 2.65. The largest absolute Gasteiger partial charge is 0.295 e. The van der Waals surface area contributed by atoms with Crippen molar-refractivity contribution in [1.82, 2.24) is 14.7 Å². The Balaban J connectivity index is 1.97. The number of hydrogen-bond acceptors (Lipinski definition) is 2. The standard InChI is InChI=1S/C11H18BrN3/c1-14-8-10(7-13-14)9-15-5-3-2-4-11(15)6-12/h7-8,11H,2-6,9H2,1H3. The van der Waals surface area contributed by atoms with Gasteiger partial charge >= 0.3 is 0 Å². The van der Waals surface area contributed by atoms with Crippen molar-refractivity contribution in [3.63, 3.8) is 0 Å². The molecule has 2 rings (SSSR count). The Labute approximate surface area is 99.6 Å². The lowest BCUT2D eigenvalue weighted by Gasteiger charge is -2.34. The molecular formula is C11H18BrN3. The van der Waals surface area contributed by atoms with E-state index in [9.17, 15) is 0 Å². The van der Waals surface area contributed by atoms with E-state index in [0.29, 0.717) is 6.04 Å². The van der Waals surface area contributed by atoms with E-state index in [1.54, 1.807) is 0 Å². The highest BCUT2D eigenvalue weighted by atomic mass is 79.9. The van der Waals surface area contributed by atoms with Gasteiger partial charge in [-0.1, -0.05) is 22.4 Å². The van der Waals surface area contributed by atoms with Crippen LogP contribution >= 0.6 is 15.9 Å². The van der Waals surface area contributed by atoms with Gasteiger partial charge in [-0.05, 0) is 19.4 Å². The molecule has 0 N–H and O–H groups in total. The molecule has 1 aromatic heterocycles. The lowest BCUT2D eigenvalue weighted by Crippen LogP contribution is -2.39. The topological polar surface area (TPSA) is 21.1 Å². The molecule has 1 saturated heterocycles. The summed E-state index contributed by atoms with van der Waals surface area (Å²) in [7, 11) is 1.97. The Morgan fingerprint density at radius 3 is 3.07 bits per heavy atom. The van der Waals surface area contributed by atoms with Crippen molar-refractivity contribution >= 4 is 15.9 Å². The minimum Gasteiger partial charge on any atom is -0.295 e. The molecule has 0 amide bonds. The average molecular weight is 272 g/mol. The van der Waals surface area contributed by atoms with Gasteiger partial charge in [0.1, 0.15) is 0 Å². The lowest BCUT2D eigenvalue weighted by atomic mass is 10.0.